The summed E-state index contributed by atoms with van der Waals surface area (Å²) in [5.41, 5.74) is 3.50. The van der Waals surface area contributed by atoms with Crippen LogP contribution >= 0.6 is 0 Å². The van der Waals surface area contributed by atoms with Crippen LogP contribution in [0.1, 0.15) is 16.8 Å². The Morgan fingerprint density at radius 3 is 2.44 bits per heavy atom. The van der Waals surface area contributed by atoms with E-state index >= 15 is 0 Å². The third kappa shape index (κ3) is 5.10. The molecule has 0 unspecified atom stereocenters. The van der Waals surface area contributed by atoms with Crippen LogP contribution in [0.5, 0.6) is 17.4 Å². The first-order chi connectivity index (χ1) is 15.5. The number of ether oxygens (including phenoxy) is 2. The van der Waals surface area contributed by atoms with Crippen molar-refractivity contribution in [1.29, 1.82) is 0 Å². The second kappa shape index (κ2) is 9.30. The molecule has 0 aliphatic rings. The van der Waals surface area contributed by atoms with Gasteiger partial charge in [-0.1, -0.05) is 12.1 Å². The smallest absolute Gasteiger partial charge is 0.238 e. The van der Waals surface area contributed by atoms with Gasteiger partial charge in [0, 0.05) is 18.0 Å². The summed E-state index contributed by atoms with van der Waals surface area (Å²) in [7, 11) is 1.63. The summed E-state index contributed by atoms with van der Waals surface area (Å²) >= 11 is 0. The first-order valence-corrected chi connectivity index (χ1v) is 10.1. The third-order valence-corrected chi connectivity index (χ3v) is 4.77. The van der Waals surface area contributed by atoms with E-state index in [4.69, 9.17) is 9.47 Å². The average molecular weight is 429 g/mol. The van der Waals surface area contributed by atoms with Crippen molar-refractivity contribution in [3.8, 4) is 23.2 Å². The molecule has 0 radical (unpaired) electrons. The van der Waals surface area contributed by atoms with Crippen LogP contribution in [0.4, 0.5) is 5.69 Å². The number of aromatic nitrogens is 4. The van der Waals surface area contributed by atoms with Gasteiger partial charge < -0.3 is 14.8 Å². The van der Waals surface area contributed by atoms with Gasteiger partial charge in [-0.05, 0) is 67.4 Å². The standard InChI is InChI=1S/C24H23N5O3/c1-16-14-18(4-9-21(16)31-3)15-23(30)25-19-5-7-20(8-6-19)32-24-11-10-22(26-27-24)29-13-12-17(2)28-29/h4-14H,15H2,1-3H3,(H,25,30). The second-order valence-electron chi connectivity index (χ2n) is 7.29. The average Bonchev–Trinajstić information content (AvgIpc) is 3.22. The summed E-state index contributed by atoms with van der Waals surface area (Å²) in [4.78, 5) is 12.4. The lowest BCUT2D eigenvalue weighted by atomic mass is 10.1. The lowest BCUT2D eigenvalue weighted by molar-refractivity contribution is -0.115. The lowest BCUT2D eigenvalue weighted by Gasteiger charge is -2.09. The van der Waals surface area contributed by atoms with Crippen molar-refractivity contribution in [1.82, 2.24) is 20.0 Å². The maximum absolute atomic E-state index is 12.4. The summed E-state index contributed by atoms with van der Waals surface area (Å²) in [6, 6.07) is 18.2. The summed E-state index contributed by atoms with van der Waals surface area (Å²) < 4.78 is 12.6. The highest BCUT2D eigenvalue weighted by Gasteiger charge is 2.08. The number of hydrogen-bond acceptors (Lipinski definition) is 6. The molecule has 0 saturated heterocycles. The zero-order valence-corrected chi connectivity index (χ0v) is 18.1. The Labute approximate surface area is 185 Å². The highest BCUT2D eigenvalue weighted by molar-refractivity contribution is 5.92. The molecule has 162 valence electrons. The molecule has 0 spiro atoms. The minimum Gasteiger partial charge on any atom is -0.496 e. The molecule has 1 amide bonds. The number of anilines is 1. The van der Waals surface area contributed by atoms with Crippen molar-refractivity contribution in [2.45, 2.75) is 20.3 Å². The number of rotatable bonds is 7. The minimum absolute atomic E-state index is 0.0986. The van der Waals surface area contributed by atoms with Gasteiger partial charge in [-0.3, -0.25) is 4.79 Å². The van der Waals surface area contributed by atoms with Gasteiger partial charge in [-0.25, -0.2) is 4.68 Å². The Hall–Kier alpha value is -4.20. The Kier molecular flexibility index (Phi) is 6.12. The molecular weight excluding hydrogens is 406 g/mol. The van der Waals surface area contributed by atoms with E-state index < -0.39 is 0 Å². The third-order valence-electron chi connectivity index (χ3n) is 4.77. The van der Waals surface area contributed by atoms with E-state index in [0.29, 0.717) is 23.1 Å². The van der Waals surface area contributed by atoms with Gasteiger partial charge in [0.05, 0.1) is 19.2 Å². The fraction of sp³-hybridized carbons (Fsp3) is 0.167. The quantitative estimate of drug-likeness (QED) is 0.472. The van der Waals surface area contributed by atoms with Gasteiger partial charge in [0.1, 0.15) is 11.5 Å². The van der Waals surface area contributed by atoms with Crippen LogP contribution in [-0.2, 0) is 11.2 Å². The molecule has 0 fully saturated rings. The highest BCUT2D eigenvalue weighted by Crippen LogP contribution is 2.22. The molecule has 32 heavy (non-hydrogen) atoms. The van der Waals surface area contributed by atoms with Crippen LogP contribution in [0.15, 0.2) is 66.9 Å². The molecule has 0 atom stereocenters. The van der Waals surface area contributed by atoms with Crippen molar-refractivity contribution in [2.75, 3.05) is 12.4 Å². The first-order valence-electron chi connectivity index (χ1n) is 10.1. The Morgan fingerprint density at radius 1 is 1.00 bits per heavy atom. The van der Waals surface area contributed by atoms with E-state index in [2.05, 4.69) is 20.6 Å². The SMILES string of the molecule is COc1ccc(CC(=O)Nc2ccc(Oc3ccc(-n4ccc(C)n4)nn3)cc2)cc1C. The van der Waals surface area contributed by atoms with Gasteiger partial charge in [-0.2, -0.15) is 5.10 Å². The molecule has 4 aromatic rings. The van der Waals surface area contributed by atoms with E-state index in [1.54, 1.807) is 48.2 Å². The Bertz CT molecular complexity index is 1220. The number of aryl methyl sites for hydroxylation is 2. The van der Waals surface area contributed by atoms with Gasteiger partial charge in [0.25, 0.3) is 0 Å². The Balaban J connectivity index is 1.33. The Morgan fingerprint density at radius 2 is 1.81 bits per heavy atom. The number of amides is 1. The van der Waals surface area contributed by atoms with E-state index in [-0.39, 0.29) is 12.3 Å². The van der Waals surface area contributed by atoms with Crippen molar-refractivity contribution in [3.05, 3.63) is 83.7 Å². The maximum Gasteiger partial charge on any atom is 0.238 e. The highest BCUT2D eigenvalue weighted by atomic mass is 16.5. The summed E-state index contributed by atoms with van der Waals surface area (Å²) in [5.74, 6) is 2.27. The van der Waals surface area contributed by atoms with Crippen LogP contribution in [-0.4, -0.2) is 33.0 Å². The molecule has 0 aliphatic carbocycles. The first kappa shape index (κ1) is 21.0. The molecule has 2 aromatic carbocycles. The normalized spacial score (nSPS) is 10.6. The topological polar surface area (TPSA) is 91.2 Å². The fourth-order valence-corrected chi connectivity index (χ4v) is 3.20. The van der Waals surface area contributed by atoms with Crippen LogP contribution in [0, 0.1) is 13.8 Å². The van der Waals surface area contributed by atoms with Crippen molar-refractivity contribution in [3.63, 3.8) is 0 Å². The molecule has 0 saturated carbocycles. The van der Waals surface area contributed by atoms with Gasteiger partial charge in [0.15, 0.2) is 5.82 Å². The second-order valence-corrected chi connectivity index (χ2v) is 7.29. The number of carbonyl (C=O) groups is 1. The van der Waals surface area contributed by atoms with Crippen LogP contribution in [0.3, 0.4) is 0 Å². The fourth-order valence-electron chi connectivity index (χ4n) is 3.20. The molecule has 2 aromatic heterocycles. The molecule has 4 rings (SSSR count). The predicted octanol–water partition coefficient (Wildman–Crippen LogP) is 4.26. The molecule has 8 nitrogen and oxygen atoms in total. The summed E-state index contributed by atoms with van der Waals surface area (Å²) in [5, 5.41) is 15.4. The van der Waals surface area contributed by atoms with Crippen LogP contribution in [0.25, 0.3) is 5.82 Å². The van der Waals surface area contributed by atoms with Gasteiger partial charge in [0.2, 0.25) is 11.8 Å². The zero-order chi connectivity index (χ0) is 22.5. The maximum atomic E-state index is 12.4. The van der Waals surface area contributed by atoms with Gasteiger partial charge >= 0.3 is 0 Å². The number of nitrogens with one attached hydrogen (secondary N) is 1. The lowest BCUT2D eigenvalue weighted by Crippen LogP contribution is -2.14. The molecule has 0 aliphatic heterocycles. The van der Waals surface area contributed by atoms with Gasteiger partial charge in [-0.15, -0.1) is 10.2 Å². The van der Waals surface area contributed by atoms with Crippen molar-refractivity contribution in [2.24, 2.45) is 0 Å². The molecular formula is C24H23N5O3. The van der Waals surface area contributed by atoms with E-state index in [1.165, 1.54) is 0 Å². The largest absolute Gasteiger partial charge is 0.496 e. The van der Waals surface area contributed by atoms with Crippen molar-refractivity contribution < 1.29 is 14.3 Å². The van der Waals surface area contributed by atoms with Crippen LogP contribution < -0.4 is 14.8 Å². The van der Waals surface area contributed by atoms with E-state index in [1.807, 2.05) is 44.3 Å². The van der Waals surface area contributed by atoms with E-state index in [0.717, 1.165) is 22.6 Å². The van der Waals surface area contributed by atoms with Crippen LogP contribution in [0.2, 0.25) is 0 Å². The number of benzene rings is 2. The monoisotopic (exact) mass is 429 g/mol. The molecule has 8 heteroatoms. The summed E-state index contributed by atoms with van der Waals surface area (Å²) in [6.45, 7) is 3.86. The minimum atomic E-state index is -0.0986. The molecule has 2 heterocycles. The zero-order valence-electron chi connectivity index (χ0n) is 18.1. The number of methoxy groups -OCH3 is 1. The molecule has 0 bridgehead atoms. The molecule has 1 N–H and O–H groups in total. The van der Waals surface area contributed by atoms with E-state index in [9.17, 15) is 4.79 Å². The number of carbonyl (C=O) groups excluding carboxylic acids is 1. The summed E-state index contributed by atoms with van der Waals surface area (Å²) in [6.07, 6.45) is 2.10. The predicted molar refractivity (Wildman–Crippen MR) is 120 cm³/mol. The van der Waals surface area contributed by atoms with Crippen molar-refractivity contribution >= 4 is 11.6 Å². The number of hydrogen-bond donors (Lipinski definition) is 1. The number of nitrogens with zero attached hydrogens (tertiary/aromatic N) is 4.